The predicted octanol–water partition coefficient (Wildman–Crippen LogP) is -0.644. The number of aliphatic imine (C=N–C) groups is 1. The average molecular weight is 481 g/mol. The average Bonchev–Trinajstić information content (AvgIpc) is 2.79. The number of likely N-dealkylation sites (tertiary alicyclic amines) is 1. The largest absolute Gasteiger partial charge is 0.370 e. The molecule has 9 N–H and O–H groups in total. The van der Waals surface area contributed by atoms with E-state index in [9.17, 15) is 14.4 Å². The van der Waals surface area contributed by atoms with Gasteiger partial charge < -0.3 is 38.1 Å². The molecule has 1 atom stereocenters. The number of halogens is 1. The fourth-order valence-electron chi connectivity index (χ4n) is 3.39. The number of amides is 3. The lowest BCUT2D eigenvalue weighted by Crippen LogP contribution is -2.49. The SMILES string of the molecule is NC(N)=NCCC[C@H](N)C(=O)NCCN1CCC(NC(=O)C(=O)Nc2ccc(Cl)cc2)CC1. The van der Waals surface area contributed by atoms with Gasteiger partial charge in [-0.15, -0.1) is 0 Å². The number of nitrogens with two attached hydrogens (primary N) is 3. The van der Waals surface area contributed by atoms with Crippen molar-refractivity contribution in [2.24, 2.45) is 22.2 Å². The third-order valence-electron chi connectivity index (χ3n) is 5.26. The highest BCUT2D eigenvalue weighted by molar-refractivity contribution is 6.39. The number of benzene rings is 1. The van der Waals surface area contributed by atoms with Gasteiger partial charge in [0.15, 0.2) is 5.96 Å². The first-order valence-corrected chi connectivity index (χ1v) is 11.3. The van der Waals surface area contributed by atoms with Crippen molar-refractivity contribution < 1.29 is 14.4 Å². The molecule has 1 saturated heterocycles. The molecule has 3 amide bonds. The van der Waals surface area contributed by atoms with E-state index in [1.54, 1.807) is 24.3 Å². The summed E-state index contributed by atoms with van der Waals surface area (Å²) in [5.41, 5.74) is 16.9. The molecule has 1 aliphatic rings. The standard InChI is InChI=1S/C21H33ClN8O3/c22-14-3-5-15(6-4-14)28-19(32)20(33)29-16-7-11-30(12-8-16)13-10-26-18(31)17(23)2-1-9-27-21(24)25/h3-6,16-17H,1-2,7-13,23H2,(H,26,31)(H,28,32)(H,29,33)(H4,24,25,27)/t17-/m0/s1. The molecule has 182 valence electrons. The van der Waals surface area contributed by atoms with Gasteiger partial charge in [0.1, 0.15) is 0 Å². The van der Waals surface area contributed by atoms with Crippen molar-refractivity contribution in [3.8, 4) is 0 Å². The molecule has 0 unspecified atom stereocenters. The van der Waals surface area contributed by atoms with Crippen LogP contribution in [0.25, 0.3) is 0 Å². The highest BCUT2D eigenvalue weighted by Gasteiger charge is 2.23. The van der Waals surface area contributed by atoms with E-state index in [2.05, 4.69) is 25.8 Å². The smallest absolute Gasteiger partial charge is 0.313 e. The number of guanidine groups is 1. The number of nitrogens with zero attached hydrogens (tertiary/aromatic N) is 2. The summed E-state index contributed by atoms with van der Waals surface area (Å²) in [5, 5.41) is 8.71. The normalized spacial score (nSPS) is 15.3. The maximum atomic E-state index is 12.2. The summed E-state index contributed by atoms with van der Waals surface area (Å²) < 4.78 is 0. The lowest BCUT2D eigenvalue weighted by atomic mass is 10.0. The third kappa shape index (κ3) is 10.1. The van der Waals surface area contributed by atoms with E-state index in [-0.39, 0.29) is 17.9 Å². The van der Waals surface area contributed by atoms with Crippen LogP contribution in [0.3, 0.4) is 0 Å². The molecule has 0 aromatic heterocycles. The molecule has 1 heterocycles. The molecule has 0 aliphatic carbocycles. The van der Waals surface area contributed by atoms with E-state index < -0.39 is 17.9 Å². The van der Waals surface area contributed by atoms with E-state index in [1.165, 1.54) is 0 Å². The molecule has 33 heavy (non-hydrogen) atoms. The fraction of sp³-hybridized carbons (Fsp3) is 0.524. The van der Waals surface area contributed by atoms with Crippen LogP contribution in [0.15, 0.2) is 29.3 Å². The van der Waals surface area contributed by atoms with Crippen LogP contribution >= 0.6 is 11.6 Å². The second kappa shape index (κ2) is 13.6. The van der Waals surface area contributed by atoms with Gasteiger partial charge in [0.25, 0.3) is 0 Å². The maximum Gasteiger partial charge on any atom is 0.313 e. The molecule has 2 rings (SSSR count). The van der Waals surface area contributed by atoms with Gasteiger partial charge in [-0.3, -0.25) is 19.4 Å². The van der Waals surface area contributed by atoms with Gasteiger partial charge in [-0.05, 0) is 49.9 Å². The van der Waals surface area contributed by atoms with E-state index in [0.717, 1.165) is 25.9 Å². The van der Waals surface area contributed by atoms with Crippen molar-refractivity contribution in [1.29, 1.82) is 0 Å². The van der Waals surface area contributed by atoms with E-state index in [1.807, 2.05) is 0 Å². The molecule has 1 aliphatic heterocycles. The Kier molecular flexibility index (Phi) is 10.9. The summed E-state index contributed by atoms with van der Waals surface area (Å²) in [6.45, 7) is 3.12. The zero-order chi connectivity index (χ0) is 24.2. The molecule has 1 fully saturated rings. The summed E-state index contributed by atoms with van der Waals surface area (Å²) >= 11 is 5.81. The molecule has 1 aromatic rings. The fourth-order valence-corrected chi connectivity index (χ4v) is 3.52. The highest BCUT2D eigenvalue weighted by Crippen LogP contribution is 2.13. The molecule has 0 bridgehead atoms. The van der Waals surface area contributed by atoms with Crippen LogP contribution in [0, 0.1) is 0 Å². The second-order valence-corrected chi connectivity index (χ2v) is 8.33. The van der Waals surface area contributed by atoms with Crippen molar-refractivity contribution in [1.82, 2.24) is 15.5 Å². The second-order valence-electron chi connectivity index (χ2n) is 7.90. The molecule has 1 aromatic carbocycles. The van der Waals surface area contributed by atoms with Crippen LogP contribution in [-0.4, -0.2) is 73.4 Å². The number of carbonyl (C=O) groups excluding carboxylic acids is 3. The molecule has 0 saturated carbocycles. The number of piperidine rings is 1. The maximum absolute atomic E-state index is 12.2. The van der Waals surface area contributed by atoms with Gasteiger partial charge in [-0.25, -0.2) is 0 Å². The number of rotatable bonds is 10. The molecule has 11 nitrogen and oxygen atoms in total. The highest BCUT2D eigenvalue weighted by atomic mass is 35.5. The van der Waals surface area contributed by atoms with Crippen molar-refractivity contribution in [2.75, 3.05) is 38.0 Å². The first kappa shape index (κ1) is 26.4. The predicted molar refractivity (Wildman–Crippen MR) is 129 cm³/mol. The summed E-state index contributed by atoms with van der Waals surface area (Å²) in [6, 6.07) is 5.86. The van der Waals surface area contributed by atoms with Gasteiger partial charge in [-0.1, -0.05) is 11.6 Å². The minimum atomic E-state index is -0.711. The monoisotopic (exact) mass is 480 g/mol. The van der Waals surface area contributed by atoms with E-state index in [0.29, 0.717) is 43.2 Å². The lowest BCUT2D eigenvalue weighted by Gasteiger charge is -2.32. The Morgan fingerprint density at radius 2 is 1.79 bits per heavy atom. The number of hydrogen-bond acceptors (Lipinski definition) is 6. The van der Waals surface area contributed by atoms with Crippen LogP contribution in [0.4, 0.5) is 5.69 Å². The Morgan fingerprint density at radius 3 is 2.42 bits per heavy atom. The molecule has 0 spiro atoms. The number of carbonyl (C=O) groups is 3. The van der Waals surface area contributed by atoms with Gasteiger partial charge >= 0.3 is 11.8 Å². The van der Waals surface area contributed by atoms with Crippen LogP contribution in [-0.2, 0) is 14.4 Å². The molecule has 12 heteroatoms. The van der Waals surface area contributed by atoms with E-state index in [4.69, 9.17) is 28.8 Å². The first-order valence-electron chi connectivity index (χ1n) is 10.9. The Bertz CT molecular complexity index is 821. The number of anilines is 1. The van der Waals surface area contributed by atoms with Gasteiger partial charge in [0.05, 0.1) is 6.04 Å². The molecule has 0 radical (unpaired) electrons. The summed E-state index contributed by atoms with van der Waals surface area (Å²) in [4.78, 5) is 42.4. The Morgan fingerprint density at radius 1 is 1.12 bits per heavy atom. The minimum Gasteiger partial charge on any atom is -0.370 e. The third-order valence-corrected chi connectivity index (χ3v) is 5.51. The molecular formula is C21H33ClN8O3. The van der Waals surface area contributed by atoms with Gasteiger partial charge in [0.2, 0.25) is 5.91 Å². The summed E-state index contributed by atoms with van der Waals surface area (Å²) in [7, 11) is 0. The van der Waals surface area contributed by atoms with Gasteiger partial charge in [0, 0.05) is 49.5 Å². The van der Waals surface area contributed by atoms with Crippen molar-refractivity contribution in [3.63, 3.8) is 0 Å². The zero-order valence-electron chi connectivity index (χ0n) is 18.6. The van der Waals surface area contributed by atoms with Crippen molar-refractivity contribution in [3.05, 3.63) is 29.3 Å². The summed E-state index contributed by atoms with van der Waals surface area (Å²) in [5.74, 6) is -1.55. The Labute approximate surface area is 198 Å². The van der Waals surface area contributed by atoms with Crippen molar-refractivity contribution in [2.45, 2.75) is 37.8 Å². The van der Waals surface area contributed by atoms with Gasteiger partial charge in [-0.2, -0.15) is 0 Å². The summed E-state index contributed by atoms with van der Waals surface area (Å²) in [6.07, 6.45) is 2.57. The van der Waals surface area contributed by atoms with Crippen LogP contribution < -0.4 is 33.2 Å². The van der Waals surface area contributed by atoms with Crippen molar-refractivity contribution >= 4 is 41.0 Å². The zero-order valence-corrected chi connectivity index (χ0v) is 19.3. The first-order chi connectivity index (χ1) is 15.7. The van der Waals surface area contributed by atoms with Crippen LogP contribution in [0.5, 0.6) is 0 Å². The number of hydrogen-bond donors (Lipinski definition) is 6. The Hall–Kier alpha value is -2.89. The number of nitrogens with one attached hydrogen (secondary N) is 3. The quantitative estimate of drug-likeness (QED) is 0.111. The Balaban J connectivity index is 1.59. The van der Waals surface area contributed by atoms with E-state index >= 15 is 0 Å². The minimum absolute atomic E-state index is 0.0255. The lowest BCUT2D eigenvalue weighted by molar-refractivity contribution is -0.136. The van der Waals surface area contributed by atoms with Crippen LogP contribution in [0.1, 0.15) is 25.7 Å². The topological polar surface area (TPSA) is 181 Å². The molecular weight excluding hydrogens is 448 g/mol. The van der Waals surface area contributed by atoms with Crippen LogP contribution in [0.2, 0.25) is 5.02 Å².